The highest BCUT2D eigenvalue weighted by atomic mass is 16.5. The summed E-state index contributed by atoms with van der Waals surface area (Å²) in [6.45, 7) is 6.44. The first-order valence-corrected chi connectivity index (χ1v) is 12.3. The van der Waals surface area contributed by atoms with E-state index in [0.29, 0.717) is 31.1 Å². The van der Waals surface area contributed by atoms with Crippen molar-refractivity contribution in [2.45, 2.75) is 39.2 Å². The summed E-state index contributed by atoms with van der Waals surface area (Å²) in [5, 5.41) is 4.01. The third kappa shape index (κ3) is 6.26. The number of carbonyl (C=O) groups is 1. The third-order valence-electron chi connectivity index (χ3n) is 6.71. The lowest BCUT2D eigenvalue weighted by Crippen LogP contribution is -2.38. The molecule has 1 amide bonds. The van der Waals surface area contributed by atoms with Crippen LogP contribution in [0.4, 0.5) is 0 Å². The molecule has 34 heavy (non-hydrogen) atoms. The standard InChI is InChI=1S/C28H35N3O3/c1-21-7-5-8-23(17-21)20-31-14-12-22(13-15-31)19-29-27(32)11-6-16-34-26-18-28(33)30(2)25-10-4-3-9-24(25)26/h3-5,7-10,17-18,22H,6,11-16,19-20H2,1-2H3,(H,29,32). The van der Waals surface area contributed by atoms with Crippen LogP contribution in [-0.4, -0.2) is 41.6 Å². The summed E-state index contributed by atoms with van der Waals surface area (Å²) in [5.74, 6) is 1.19. The van der Waals surface area contributed by atoms with Gasteiger partial charge in [-0.15, -0.1) is 0 Å². The number of hydrogen-bond acceptors (Lipinski definition) is 4. The Morgan fingerprint density at radius 3 is 2.68 bits per heavy atom. The number of amides is 1. The van der Waals surface area contributed by atoms with Gasteiger partial charge in [-0.1, -0.05) is 42.0 Å². The van der Waals surface area contributed by atoms with Crippen molar-refractivity contribution in [3.8, 4) is 5.75 Å². The van der Waals surface area contributed by atoms with Gasteiger partial charge in [0.05, 0.1) is 12.1 Å². The van der Waals surface area contributed by atoms with Crippen LogP contribution < -0.4 is 15.6 Å². The maximum Gasteiger partial charge on any atom is 0.254 e. The number of nitrogens with one attached hydrogen (secondary N) is 1. The fraction of sp³-hybridized carbons (Fsp3) is 0.429. The van der Waals surface area contributed by atoms with Crippen LogP contribution in [0.2, 0.25) is 0 Å². The minimum atomic E-state index is -0.101. The molecule has 0 spiro atoms. The van der Waals surface area contributed by atoms with Gasteiger partial charge in [0.2, 0.25) is 5.91 Å². The highest BCUT2D eigenvalue weighted by Gasteiger charge is 2.19. The van der Waals surface area contributed by atoms with Gasteiger partial charge in [0.15, 0.2) is 0 Å². The number of aryl methyl sites for hydroxylation is 2. The van der Waals surface area contributed by atoms with E-state index < -0.39 is 0 Å². The number of pyridine rings is 1. The maximum absolute atomic E-state index is 12.3. The lowest BCUT2D eigenvalue weighted by atomic mass is 9.96. The Balaban J connectivity index is 1.15. The van der Waals surface area contributed by atoms with Crippen LogP contribution in [0.3, 0.4) is 0 Å². The van der Waals surface area contributed by atoms with Crippen molar-refractivity contribution in [3.63, 3.8) is 0 Å². The molecule has 1 N–H and O–H groups in total. The van der Waals surface area contributed by atoms with Crippen molar-refractivity contribution in [1.29, 1.82) is 0 Å². The second kappa shape index (κ2) is 11.3. The molecule has 3 aromatic rings. The van der Waals surface area contributed by atoms with Crippen LogP contribution in [0.15, 0.2) is 59.4 Å². The van der Waals surface area contributed by atoms with Gasteiger partial charge in [-0.05, 0) is 62.9 Å². The molecule has 1 aliphatic rings. The SMILES string of the molecule is Cc1cccc(CN2CCC(CNC(=O)CCCOc3cc(=O)n(C)c4ccccc34)CC2)c1. The van der Waals surface area contributed by atoms with Gasteiger partial charge in [0, 0.05) is 38.0 Å². The predicted molar refractivity (Wildman–Crippen MR) is 136 cm³/mol. The van der Waals surface area contributed by atoms with Crippen LogP contribution >= 0.6 is 0 Å². The molecule has 6 heteroatoms. The Kier molecular flexibility index (Phi) is 8.01. The smallest absolute Gasteiger partial charge is 0.254 e. The van der Waals surface area contributed by atoms with Gasteiger partial charge >= 0.3 is 0 Å². The number of aromatic nitrogens is 1. The zero-order valence-corrected chi connectivity index (χ0v) is 20.3. The zero-order valence-electron chi connectivity index (χ0n) is 20.3. The van der Waals surface area contributed by atoms with Crippen LogP contribution in [0.1, 0.15) is 36.8 Å². The van der Waals surface area contributed by atoms with Crippen molar-refractivity contribution >= 4 is 16.8 Å². The first-order valence-electron chi connectivity index (χ1n) is 12.3. The molecule has 1 aliphatic heterocycles. The van der Waals surface area contributed by atoms with Gasteiger partial charge in [0.25, 0.3) is 5.56 Å². The fourth-order valence-electron chi connectivity index (χ4n) is 4.68. The first-order chi connectivity index (χ1) is 16.5. The van der Waals surface area contributed by atoms with Crippen LogP contribution in [0.5, 0.6) is 5.75 Å². The Morgan fingerprint density at radius 1 is 1.09 bits per heavy atom. The van der Waals surface area contributed by atoms with Crippen molar-refractivity contribution in [3.05, 3.63) is 76.1 Å². The number of rotatable bonds is 9. The molecule has 1 fully saturated rings. The summed E-state index contributed by atoms with van der Waals surface area (Å²) in [5.41, 5.74) is 3.42. The second-order valence-electron chi connectivity index (χ2n) is 9.39. The maximum atomic E-state index is 12.3. The number of likely N-dealkylation sites (tertiary alicyclic amines) is 1. The van der Waals surface area contributed by atoms with Crippen LogP contribution in [0.25, 0.3) is 10.9 Å². The van der Waals surface area contributed by atoms with Crippen LogP contribution in [0, 0.1) is 12.8 Å². The summed E-state index contributed by atoms with van der Waals surface area (Å²) in [4.78, 5) is 27.0. The average Bonchev–Trinajstić information content (AvgIpc) is 2.84. The third-order valence-corrected chi connectivity index (χ3v) is 6.71. The van der Waals surface area contributed by atoms with E-state index in [1.807, 2.05) is 24.3 Å². The van der Waals surface area contributed by atoms with E-state index in [1.54, 1.807) is 11.6 Å². The molecule has 180 valence electrons. The predicted octanol–water partition coefficient (Wildman–Crippen LogP) is 4.03. The van der Waals surface area contributed by atoms with Gasteiger partial charge in [-0.2, -0.15) is 0 Å². The molecule has 2 heterocycles. The molecule has 6 nitrogen and oxygen atoms in total. The number of benzene rings is 2. The minimum Gasteiger partial charge on any atom is -0.493 e. The topological polar surface area (TPSA) is 63.6 Å². The normalized spacial score (nSPS) is 14.9. The number of carbonyl (C=O) groups excluding carboxylic acids is 1. The molecule has 0 radical (unpaired) electrons. The molecule has 0 unspecified atom stereocenters. The van der Waals surface area contributed by atoms with Crippen molar-refractivity contribution in [2.24, 2.45) is 13.0 Å². The summed E-state index contributed by atoms with van der Waals surface area (Å²) in [6, 6.07) is 17.9. The van der Waals surface area contributed by atoms with E-state index in [4.69, 9.17) is 4.74 Å². The van der Waals surface area contributed by atoms with Crippen molar-refractivity contribution in [2.75, 3.05) is 26.2 Å². The number of hydrogen-bond donors (Lipinski definition) is 1. The molecule has 0 atom stereocenters. The summed E-state index contributed by atoms with van der Waals surface area (Å²) >= 11 is 0. The Bertz CT molecular complexity index is 1180. The monoisotopic (exact) mass is 461 g/mol. The second-order valence-corrected chi connectivity index (χ2v) is 9.39. The quantitative estimate of drug-likeness (QED) is 0.489. The van der Waals surface area contributed by atoms with Crippen molar-refractivity contribution < 1.29 is 9.53 Å². The molecule has 0 bridgehead atoms. The molecule has 1 aromatic heterocycles. The first kappa shape index (κ1) is 24.0. The van der Waals surface area contributed by atoms with Crippen LogP contribution in [-0.2, 0) is 18.4 Å². The van der Waals surface area contributed by atoms with E-state index in [-0.39, 0.29) is 11.5 Å². The zero-order chi connectivity index (χ0) is 23.9. The lowest BCUT2D eigenvalue weighted by Gasteiger charge is -2.32. The summed E-state index contributed by atoms with van der Waals surface area (Å²) in [7, 11) is 1.76. The van der Waals surface area contributed by atoms with Gasteiger partial charge < -0.3 is 14.6 Å². The van der Waals surface area contributed by atoms with E-state index in [0.717, 1.165) is 49.9 Å². The van der Waals surface area contributed by atoms with Crippen molar-refractivity contribution in [1.82, 2.24) is 14.8 Å². The highest BCUT2D eigenvalue weighted by molar-refractivity contribution is 5.85. The molecule has 1 saturated heterocycles. The number of piperidine rings is 1. The lowest BCUT2D eigenvalue weighted by molar-refractivity contribution is -0.121. The van der Waals surface area contributed by atoms with Gasteiger partial charge in [-0.25, -0.2) is 0 Å². The van der Waals surface area contributed by atoms with Gasteiger partial charge in [0.1, 0.15) is 5.75 Å². The Hall–Kier alpha value is -3.12. The fourth-order valence-corrected chi connectivity index (χ4v) is 4.68. The summed E-state index contributed by atoms with van der Waals surface area (Å²) in [6.07, 6.45) is 3.27. The highest BCUT2D eigenvalue weighted by Crippen LogP contribution is 2.23. The van der Waals surface area contributed by atoms with E-state index in [1.165, 1.54) is 17.2 Å². The average molecular weight is 462 g/mol. The number of fused-ring (bicyclic) bond motifs is 1. The van der Waals surface area contributed by atoms with E-state index >= 15 is 0 Å². The molecular weight excluding hydrogens is 426 g/mol. The Morgan fingerprint density at radius 2 is 1.88 bits per heavy atom. The van der Waals surface area contributed by atoms with Gasteiger partial charge in [-0.3, -0.25) is 14.5 Å². The van der Waals surface area contributed by atoms with E-state index in [2.05, 4.69) is 41.4 Å². The Labute approximate surface area is 201 Å². The molecular formula is C28H35N3O3. The largest absolute Gasteiger partial charge is 0.493 e. The molecule has 0 aliphatic carbocycles. The summed E-state index contributed by atoms with van der Waals surface area (Å²) < 4.78 is 7.48. The minimum absolute atomic E-state index is 0.0691. The number of nitrogens with zero attached hydrogens (tertiary/aromatic N) is 2. The molecule has 2 aromatic carbocycles. The van der Waals surface area contributed by atoms with E-state index in [9.17, 15) is 9.59 Å². The number of ether oxygens (including phenoxy) is 1. The molecule has 4 rings (SSSR count). The molecule has 0 saturated carbocycles. The number of para-hydroxylation sites is 1.